The molecule has 2 aromatic rings. The molecule has 16 heavy (non-hydrogen) atoms. The number of aromatic nitrogens is 2. The highest BCUT2D eigenvalue weighted by Crippen LogP contribution is 2.15. The number of nitrogens with zero attached hydrogens (tertiary/aromatic N) is 2. The Hall–Kier alpha value is -1.06. The summed E-state index contributed by atoms with van der Waals surface area (Å²) in [7, 11) is 0. The molecule has 0 aliphatic rings. The summed E-state index contributed by atoms with van der Waals surface area (Å²) in [6.45, 7) is 0.375. The van der Waals surface area contributed by atoms with Crippen LogP contribution < -0.4 is 0 Å². The predicted molar refractivity (Wildman–Crippen MR) is 62.3 cm³/mol. The molecule has 0 unspecified atom stereocenters. The van der Waals surface area contributed by atoms with Gasteiger partial charge in [0.1, 0.15) is 5.82 Å². The zero-order chi connectivity index (χ0) is 11.5. The Morgan fingerprint density at radius 2 is 2.19 bits per heavy atom. The van der Waals surface area contributed by atoms with Crippen LogP contribution in [0.15, 0.2) is 30.6 Å². The Balaban J connectivity index is 2.20. The summed E-state index contributed by atoms with van der Waals surface area (Å²) in [6, 6.07) is 4.61. The average Bonchev–Trinajstić information content (AvgIpc) is 2.70. The standard InChI is InChI=1S/C11H9Cl2FN2/c12-4-8-5-15-16(6-8)7-9-1-2-10(13)3-11(9)14/h1-3,5-6H,4,7H2. The van der Waals surface area contributed by atoms with Gasteiger partial charge in [-0.25, -0.2) is 4.39 Å². The number of benzene rings is 1. The summed E-state index contributed by atoms with van der Waals surface area (Å²) in [5.41, 5.74) is 1.46. The quantitative estimate of drug-likeness (QED) is 0.772. The van der Waals surface area contributed by atoms with E-state index in [4.69, 9.17) is 23.2 Å². The lowest BCUT2D eigenvalue weighted by molar-refractivity contribution is 0.585. The molecule has 2 rings (SSSR count). The van der Waals surface area contributed by atoms with Crippen LogP contribution in [0.25, 0.3) is 0 Å². The molecule has 84 valence electrons. The first kappa shape index (κ1) is 11.4. The molecule has 2 nitrogen and oxygen atoms in total. The van der Waals surface area contributed by atoms with Gasteiger partial charge in [0.15, 0.2) is 0 Å². The van der Waals surface area contributed by atoms with Crippen LogP contribution in [0, 0.1) is 5.82 Å². The highest BCUT2D eigenvalue weighted by Gasteiger charge is 2.04. The van der Waals surface area contributed by atoms with Crippen molar-refractivity contribution in [3.63, 3.8) is 0 Å². The second-order valence-electron chi connectivity index (χ2n) is 3.42. The first-order valence-electron chi connectivity index (χ1n) is 4.70. The lowest BCUT2D eigenvalue weighted by Gasteiger charge is -2.03. The third-order valence-electron chi connectivity index (χ3n) is 2.19. The van der Waals surface area contributed by atoms with Gasteiger partial charge >= 0.3 is 0 Å². The number of halogens is 3. The number of hydrogen-bond donors (Lipinski definition) is 0. The fourth-order valence-corrected chi connectivity index (χ4v) is 1.68. The van der Waals surface area contributed by atoms with Crippen molar-refractivity contribution < 1.29 is 4.39 Å². The van der Waals surface area contributed by atoms with E-state index < -0.39 is 0 Å². The monoisotopic (exact) mass is 258 g/mol. The van der Waals surface area contributed by atoms with E-state index in [1.807, 2.05) is 0 Å². The summed E-state index contributed by atoms with van der Waals surface area (Å²) in [5, 5.41) is 4.47. The van der Waals surface area contributed by atoms with Crippen molar-refractivity contribution in [1.82, 2.24) is 9.78 Å². The molecule has 0 aliphatic heterocycles. The molecular formula is C11H9Cl2FN2. The third kappa shape index (κ3) is 2.54. The zero-order valence-corrected chi connectivity index (χ0v) is 9.84. The maximum atomic E-state index is 13.5. The van der Waals surface area contributed by atoms with E-state index >= 15 is 0 Å². The van der Waals surface area contributed by atoms with E-state index in [1.165, 1.54) is 6.07 Å². The van der Waals surface area contributed by atoms with Crippen molar-refractivity contribution >= 4 is 23.2 Å². The van der Waals surface area contributed by atoms with Crippen molar-refractivity contribution in [3.05, 3.63) is 52.6 Å². The number of rotatable bonds is 3. The molecule has 0 N–H and O–H groups in total. The van der Waals surface area contributed by atoms with Crippen LogP contribution in [0.1, 0.15) is 11.1 Å². The topological polar surface area (TPSA) is 17.8 Å². The van der Waals surface area contributed by atoms with E-state index in [0.717, 1.165) is 5.56 Å². The van der Waals surface area contributed by atoms with Gasteiger partial charge in [-0.15, -0.1) is 11.6 Å². The molecule has 1 heterocycles. The van der Waals surface area contributed by atoms with Crippen LogP contribution in [0.3, 0.4) is 0 Å². The Labute approximate surface area is 103 Å². The van der Waals surface area contributed by atoms with Gasteiger partial charge in [-0.05, 0) is 12.1 Å². The van der Waals surface area contributed by atoms with Gasteiger partial charge in [0.05, 0.1) is 18.6 Å². The molecule has 1 aromatic carbocycles. The van der Waals surface area contributed by atoms with Crippen LogP contribution in [0.4, 0.5) is 4.39 Å². The molecule has 0 bridgehead atoms. The van der Waals surface area contributed by atoms with Gasteiger partial charge in [0.2, 0.25) is 0 Å². The lowest BCUT2D eigenvalue weighted by Crippen LogP contribution is -2.02. The lowest BCUT2D eigenvalue weighted by atomic mass is 10.2. The van der Waals surface area contributed by atoms with Crippen molar-refractivity contribution in [2.45, 2.75) is 12.4 Å². The molecule has 0 radical (unpaired) electrons. The normalized spacial score (nSPS) is 10.7. The highest BCUT2D eigenvalue weighted by atomic mass is 35.5. The Morgan fingerprint density at radius 3 is 2.81 bits per heavy atom. The first-order chi connectivity index (χ1) is 7.69. The molecule has 0 amide bonds. The summed E-state index contributed by atoms with van der Waals surface area (Å²) >= 11 is 11.3. The molecule has 0 spiro atoms. The van der Waals surface area contributed by atoms with Crippen molar-refractivity contribution in [1.29, 1.82) is 0 Å². The smallest absolute Gasteiger partial charge is 0.129 e. The van der Waals surface area contributed by atoms with E-state index in [9.17, 15) is 4.39 Å². The van der Waals surface area contributed by atoms with E-state index in [2.05, 4.69) is 5.10 Å². The van der Waals surface area contributed by atoms with Gasteiger partial charge in [-0.2, -0.15) is 5.10 Å². The largest absolute Gasteiger partial charge is 0.268 e. The van der Waals surface area contributed by atoms with Crippen LogP contribution in [0.2, 0.25) is 5.02 Å². The number of alkyl halides is 1. The fraction of sp³-hybridized carbons (Fsp3) is 0.182. The first-order valence-corrected chi connectivity index (χ1v) is 5.61. The Kier molecular flexibility index (Phi) is 3.46. The van der Waals surface area contributed by atoms with Gasteiger partial charge in [0.25, 0.3) is 0 Å². The maximum Gasteiger partial charge on any atom is 0.129 e. The van der Waals surface area contributed by atoms with E-state index in [-0.39, 0.29) is 5.82 Å². The second kappa shape index (κ2) is 4.85. The van der Waals surface area contributed by atoms with Gasteiger partial charge in [0, 0.05) is 22.3 Å². The molecule has 5 heteroatoms. The SMILES string of the molecule is Fc1cc(Cl)ccc1Cn1cc(CCl)cn1. The Morgan fingerprint density at radius 1 is 1.38 bits per heavy atom. The maximum absolute atomic E-state index is 13.5. The summed E-state index contributed by atoms with van der Waals surface area (Å²) in [4.78, 5) is 0. The molecule has 1 aromatic heterocycles. The predicted octanol–water partition coefficient (Wildman–Crippen LogP) is 3.46. The van der Waals surface area contributed by atoms with Crippen LogP contribution >= 0.6 is 23.2 Å². The third-order valence-corrected chi connectivity index (χ3v) is 2.73. The molecule has 0 aliphatic carbocycles. The van der Waals surface area contributed by atoms with Gasteiger partial charge in [-0.1, -0.05) is 17.7 Å². The molecule has 0 saturated carbocycles. The highest BCUT2D eigenvalue weighted by molar-refractivity contribution is 6.30. The van der Waals surface area contributed by atoms with E-state index in [1.54, 1.807) is 29.2 Å². The fourth-order valence-electron chi connectivity index (χ4n) is 1.39. The summed E-state index contributed by atoms with van der Waals surface area (Å²) < 4.78 is 15.1. The van der Waals surface area contributed by atoms with E-state index in [0.29, 0.717) is 23.0 Å². The van der Waals surface area contributed by atoms with Crippen LogP contribution in [-0.4, -0.2) is 9.78 Å². The number of hydrogen-bond acceptors (Lipinski definition) is 1. The minimum absolute atomic E-state index is 0.324. The summed E-state index contributed by atoms with van der Waals surface area (Å²) in [6.07, 6.45) is 3.46. The zero-order valence-electron chi connectivity index (χ0n) is 8.33. The second-order valence-corrected chi connectivity index (χ2v) is 4.12. The average molecular weight is 259 g/mol. The minimum Gasteiger partial charge on any atom is -0.268 e. The molecule has 0 atom stereocenters. The minimum atomic E-state index is -0.324. The van der Waals surface area contributed by atoms with Crippen molar-refractivity contribution in [3.8, 4) is 0 Å². The summed E-state index contributed by atoms with van der Waals surface area (Å²) in [5.74, 6) is 0.0822. The van der Waals surface area contributed by atoms with Crippen molar-refractivity contribution in [2.75, 3.05) is 0 Å². The van der Waals surface area contributed by atoms with Crippen LogP contribution in [0.5, 0.6) is 0 Å². The molecular weight excluding hydrogens is 250 g/mol. The molecule has 0 fully saturated rings. The molecule has 0 saturated heterocycles. The van der Waals surface area contributed by atoms with Gasteiger partial charge in [-0.3, -0.25) is 4.68 Å². The van der Waals surface area contributed by atoms with Gasteiger partial charge < -0.3 is 0 Å². The van der Waals surface area contributed by atoms with Crippen LogP contribution in [-0.2, 0) is 12.4 Å². The van der Waals surface area contributed by atoms with Crippen molar-refractivity contribution in [2.24, 2.45) is 0 Å². The Bertz CT molecular complexity index is 496.